The van der Waals surface area contributed by atoms with Gasteiger partial charge < -0.3 is 14.8 Å². The molecule has 1 aromatic carbocycles. The second-order valence-electron chi connectivity index (χ2n) is 7.18. The monoisotopic (exact) mass is 371 g/mol. The molecule has 146 valence electrons. The number of aryl methyl sites for hydroxylation is 2. The number of benzene rings is 1. The fourth-order valence-electron chi connectivity index (χ4n) is 3.61. The van der Waals surface area contributed by atoms with Gasteiger partial charge in [-0.15, -0.1) is 0 Å². The molecule has 1 aromatic heterocycles. The lowest BCUT2D eigenvalue weighted by molar-refractivity contribution is -0.121. The summed E-state index contributed by atoms with van der Waals surface area (Å²) in [5.74, 6) is 1.75. The lowest BCUT2D eigenvalue weighted by atomic mass is 10.1. The predicted octanol–water partition coefficient (Wildman–Crippen LogP) is 3.01. The maximum absolute atomic E-state index is 12.4. The Bertz CT molecular complexity index is 842. The molecular weight excluding hydrogens is 342 g/mol. The van der Waals surface area contributed by atoms with E-state index in [0.29, 0.717) is 26.0 Å². The largest absolute Gasteiger partial charge is 0.494 e. The molecule has 0 saturated carbocycles. The van der Waals surface area contributed by atoms with Gasteiger partial charge in [-0.2, -0.15) is 5.10 Å². The Morgan fingerprint density at radius 1 is 1.41 bits per heavy atom. The third kappa shape index (κ3) is 4.26. The number of hydrogen-bond acceptors (Lipinski definition) is 4. The highest BCUT2D eigenvalue weighted by molar-refractivity contribution is 5.76. The number of amides is 1. The van der Waals surface area contributed by atoms with Crippen LogP contribution in [0.5, 0.6) is 11.5 Å². The minimum Gasteiger partial charge on any atom is -0.494 e. The first-order valence-electron chi connectivity index (χ1n) is 9.60. The number of carbonyl (C=O) groups excluding carboxylic acids is 1. The highest BCUT2D eigenvalue weighted by Gasteiger charge is 2.22. The summed E-state index contributed by atoms with van der Waals surface area (Å²) in [5, 5.41) is 7.42. The highest BCUT2D eigenvalue weighted by atomic mass is 16.5. The van der Waals surface area contributed by atoms with E-state index in [1.54, 1.807) is 0 Å². The van der Waals surface area contributed by atoms with Gasteiger partial charge >= 0.3 is 0 Å². The Morgan fingerprint density at radius 3 is 2.85 bits per heavy atom. The van der Waals surface area contributed by atoms with Crippen LogP contribution in [-0.4, -0.2) is 28.4 Å². The molecule has 6 nitrogen and oxygen atoms in total. The first-order valence-corrected chi connectivity index (χ1v) is 9.60. The summed E-state index contributed by atoms with van der Waals surface area (Å²) in [6, 6.07) is 4.05. The molecule has 3 rings (SSSR count). The van der Waals surface area contributed by atoms with Crippen molar-refractivity contribution in [1.82, 2.24) is 15.1 Å². The number of nitrogens with zero attached hydrogens (tertiary/aromatic N) is 2. The average molecular weight is 371 g/mol. The van der Waals surface area contributed by atoms with E-state index in [1.807, 2.05) is 44.6 Å². The second-order valence-corrected chi connectivity index (χ2v) is 7.18. The van der Waals surface area contributed by atoms with Crippen molar-refractivity contribution in [1.29, 1.82) is 0 Å². The number of hydrogen-bond donors (Lipinski definition) is 1. The third-order valence-corrected chi connectivity index (χ3v) is 5.12. The summed E-state index contributed by atoms with van der Waals surface area (Å²) in [4.78, 5) is 12.4. The number of fused-ring (bicyclic) bond motifs is 1. The molecule has 1 amide bonds. The Morgan fingerprint density at radius 2 is 2.19 bits per heavy atom. The molecule has 1 atom stereocenters. The van der Waals surface area contributed by atoms with E-state index in [9.17, 15) is 4.79 Å². The smallest absolute Gasteiger partial charge is 0.220 e. The fourth-order valence-corrected chi connectivity index (χ4v) is 3.61. The first-order chi connectivity index (χ1) is 12.9. The molecule has 2 aromatic rings. The van der Waals surface area contributed by atoms with Crippen molar-refractivity contribution in [3.05, 3.63) is 40.2 Å². The number of carbonyl (C=O) groups is 1. The van der Waals surface area contributed by atoms with Crippen molar-refractivity contribution in [3.8, 4) is 11.5 Å². The van der Waals surface area contributed by atoms with Crippen molar-refractivity contribution < 1.29 is 14.3 Å². The Kier molecular flexibility index (Phi) is 5.73. The highest BCUT2D eigenvalue weighted by Crippen LogP contribution is 2.35. The van der Waals surface area contributed by atoms with Crippen molar-refractivity contribution in [2.24, 2.45) is 7.05 Å². The summed E-state index contributed by atoms with van der Waals surface area (Å²) in [6.45, 7) is 9.07. The van der Waals surface area contributed by atoms with Gasteiger partial charge in [-0.1, -0.05) is 0 Å². The lowest BCUT2D eigenvalue weighted by Crippen LogP contribution is -2.23. The van der Waals surface area contributed by atoms with Gasteiger partial charge in [0.1, 0.15) is 17.6 Å². The molecule has 2 heterocycles. The van der Waals surface area contributed by atoms with E-state index < -0.39 is 0 Å². The lowest BCUT2D eigenvalue weighted by Gasteiger charge is -2.13. The zero-order valence-electron chi connectivity index (χ0n) is 16.9. The van der Waals surface area contributed by atoms with Crippen molar-refractivity contribution in [2.75, 3.05) is 6.61 Å². The van der Waals surface area contributed by atoms with Crippen LogP contribution in [0.4, 0.5) is 0 Å². The van der Waals surface area contributed by atoms with Crippen LogP contribution in [0.2, 0.25) is 0 Å². The molecule has 0 fully saturated rings. The molecule has 0 radical (unpaired) electrons. The van der Waals surface area contributed by atoms with Crippen LogP contribution in [-0.2, 0) is 31.2 Å². The summed E-state index contributed by atoms with van der Waals surface area (Å²) in [7, 11) is 1.93. The van der Waals surface area contributed by atoms with E-state index in [-0.39, 0.29) is 12.0 Å². The Hall–Kier alpha value is -2.50. The van der Waals surface area contributed by atoms with Gasteiger partial charge in [0.2, 0.25) is 5.91 Å². The topological polar surface area (TPSA) is 65.4 Å². The normalized spacial score (nSPS) is 15.4. The molecule has 1 aliphatic heterocycles. The maximum Gasteiger partial charge on any atom is 0.220 e. The van der Waals surface area contributed by atoms with Crippen LogP contribution in [0.15, 0.2) is 12.1 Å². The Labute approximate surface area is 160 Å². The summed E-state index contributed by atoms with van der Waals surface area (Å²) in [6.07, 6.45) is 2.22. The predicted molar refractivity (Wildman–Crippen MR) is 104 cm³/mol. The molecule has 0 bridgehead atoms. The second kappa shape index (κ2) is 8.03. The molecule has 1 N–H and O–H groups in total. The van der Waals surface area contributed by atoms with E-state index in [0.717, 1.165) is 40.4 Å². The van der Waals surface area contributed by atoms with Crippen LogP contribution >= 0.6 is 0 Å². The third-order valence-electron chi connectivity index (χ3n) is 5.12. The van der Waals surface area contributed by atoms with Gasteiger partial charge in [-0.3, -0.25) is 9.48 Å². The fraction of sp³-hybridized carbons (Fsp3) is 0.524. The maximum atomic E-state index is 12.4. The molecule has 1 aliphatic rings. The molecule has 0 unspecified atom stereocenters. The SMILES string of the molecule is CCOc1cc2c(cc1CNC(=O)CCc1c(C)nn(C)c1C)O[C@@H](C)C2. The molecule has 27 heavy (non-hydrogen) atoms. The Balaban J connectivity index is 1.62. The van der Waals surface area contributed by atoms with Crippen molar-refractivity contribution in [2.45, 2.75) is 59.6 Å². The zero-order chi connectivity index (χ0) is 19.6. The quantitative estimate of drug-likeness (QED) is 0.813. The van der Waals surface area contributed by atoms with Crippen LogP contribution in [0.25, 0.3) is 0 Å². The summed E-state index contributed by atoms with van der Waals surface area (Å²) >= 11 is 0. The number of ether oxygens (including phenoxy) is 2. The van der Waals surface area contributed by atoms with Gasteiger partial charge in [0.25, 0.3) is 0 Å². The minimum absolute atomic E-state index is 0.0230. The standard InChI is InChI=1S/C21H29N3O3/c1-6-26-19-10-16-9-13(2)27-20(16)11-17(19)12-22-21(25)8-7-18-14(3)23-24(5)15(18)4/h10-11,13H,6-9,12H2,1-5H3,(H,22,25)/t13-/m0/s1. The van der Waals surface area contributed by atoms with Gasteiger partial charge in [-0.05, 0) is 51.8 Å². The number of rotatable bonds is 7. The van der Waals surface area contributed by atoms with Gasteiger partial charge in [0.05, 0.1) is 12.3 Å². The van der Waals surface area contributed by atoms with E-state index in [4.69, 9.17) is 9.47 Å². The van der Waals surface area contributed by atoms with Crippen molar-refractivity contribution >= 4 is 5.91 Å². The van der Waals surface area contributed by atoms with Crippen LogP contribution < -0.4 is 14.8 Å². The number of nitrogens with one attached hydrogen (secondary N) is 1. The first kappa shape index (κ1) is 19.3. The number of aromatic nitrogens is 2. The summed E-state index contributed by atoms with van der Waals surface area (Å²) < 4.78 is 13.5. The van der Waals surface area contributed by atoms with Gasteiger partial charge in [-0.25, -0.2) is 0 Å². The molecule has 0 aliphatic carbocycles. The summed E-state index contributed by atoms with van der Waals surface area (Å²) in [5.41, 5.74) is 5.38. The van der Waals surface area contributed by atoms with Crippen molar-refractivity contribution in [3.63, 3.8) is 0 Å². The molecule has 6 heteroatoms. The molecule has 0 saturated heterocycles. The van der Waals surface area contributed by atoms with E-state index in [2.05, 4.69) is 17.3 Å². The van der Waals surface area contributed by atoms with Gasteiger partial charge in [0, 0.05) is 43.3 Å². The zero-order valence-corrected chi connectivity index (χ0v) is 16.9. The molecule has 0 spiro atoms. The average Bonchev–Trinajstić information content (AvgIpc) is 3.09. The van der Waals surface area contributed by atoms with Crippen LogP contribution in [0, 0.1) is 13.8 Å². The van der Waals surface area contributed by atoms with Crippen LogP contribution in [0.3, 0.4) is 0 Å². The minimum atomic E-state index is 0.0230. The molecular formula is C21H29N3O3. The van der Waals surface area contributed by atoms with Crippen LogP contribution in [0.1, 0.15) is 48.3 Å². The van der Waals surface area contributed by atoms with Gasteiger partial charge in [0.15, 0.2) is 0 Å². The van der Waals surface area contributed by atoms with E-state index in [1.165, 1.54) is 5.56 Å². The van der Waals surface area contributed by atoms with E-state index >= 15 is 0 Å².